The number of carbonyl (C=O) groups is 1. The lowest BCUT2D eigenvalue weighted by Gasteiger charge is -2.16. The molecule has 0 radical (unpaired) electrons. The van der Waals surface area contributed by atoms with Crippen molar-refractivity contribution in [1.29, 1.82) is 0 Å². The molecule has 8 heteroatoms. The minimum atomic E-state index is -0.584. The van der Waals surface area contributed by atoms with Gasteiger partial charge in [0.1, 0.15) is 18.1 Å². The average molecular weight is 407 g/mol. The first-order chi connectivity index (χ1) is 14.6. The Kier molecular flexibility index (Phi) is 6.83. The van der Waals surface area contributed by atoms with E-state index in [9.17, 15) is 9.70 Å². The molecule has 154 valence electrons. The fourth-order valence-electron chi connectivity index (χ4n) is 2.68. The molecule has 8 nitrogen and oxygen atoms in total. The second kappa shape index (κ2) is 9.92. The number of methoxy groups -OCH3 is 2. The van der Waals surface area contributed by atoms with Crippen molar-refractivity contribution in [1.82, 2.24) is 0 Å². The van der Waals surface area contributed by atoms with Gasteiger partial charge in [-0.25, -0.2) is 4.79 Å². The van der Waals surface area contributed by atoms with Crippen molar-refractivity contribution in [2.75, 3.05) is 24.5 Å². The average Bonchev–Trinajstić information content (AvgIpc) is 2.80. The van der Waals surface area contributed by atoms with Crippen LogP contribution in [0.3, 0.4) is 0 Å². The van der Waals surface area contributed by atoms with Crippen LogP contribution in [-0.4, -0.2) is 20.3 Å². The van der Waals surface area contributed by atoms with Crippen LogP contribution in [0.1, 0.15) is 5.56 Å². The number of benzene rings is 3. The third-order valence-corrected chi connectivity index (χ3v) is 4.29. The van der Waals surface area contributed by atoms with Gasteiger partial charge in [-0.05, 0) is 66.2 Å². The van der Waals surface area contributed by atoms with Crippen molar-refractivity contribution >= 4 is 23.2 Å². The van der Waals surface area contributed by atoms with Crippen molar-refractivity contribution in [3.05, 3.63) is 83.3 Å². The lowest BCUT2D eigenvalue weighted by molar-refractivity contribution is 0.155. The smallest absolute Gasteiger partial charge is 0.411 e. The van der Waals surface area contributed by atoms with E-state index in [1.54, 1.807) is 74.9 Å². The summed E-state index contributed by atoms with van der Waals surface area (Å²) in [5.74, 6) is 1.41. The van der Waals surface area contributed by atoms with Crippen LogP contribution in [0.15, 0.2) is 78.1 Å². The van der Waals surface area contributed by atoms with E-state index in [1.165, 1.54) is 5.01 Å². The Balaban J connectivity index is 1.58. The number of carbonyl (C=O) groups excluding carboxylic acids is 1. The molecule has 0 aliphatic rings. The van der Waals surface area contributed by atoms with Crippen LogP contribution in [-0.2, 0) is 11.3 Å². The van der Waals surface area contributed by atoms with Gasteiger partial charge in [0.05, 0.1) is 30.9 Å². The maximum Gasteiger partial charge on any atom is 0.411 e. The molecule has 3 rings (SSSR count). The Morgan fingerprint density at radius 3 is 1.83 bits per heavy atom. The number of nitrogens with zero attached hydrogens (tertiary/aromatic N) is 2. The molecule has 30 heavy (non-hydrogen) atoms. The van der Waals surface area contributed by atoms with Crippen molar-refractivity contribution in [3.63, 3.8) is 0 Å². The maximum atomic E-state index is 12.0. The van der Waals surface area contributed by atoms with Gasteiger partial charge in [0.25, 0.3) is 0 Å². The normalized spacial score (nSPS) is 10.1. The van der Waals surface area contributed by atoms with Crippen molar-refractivity contribution in [2.24, 2.45) is 5.29 Å². The summed E-state index contributed by atoms with van der Waals surface area (Å²) in [5.41, 5.74) is 2.50. The lowest BCUT2D eigenvalue weighted by atomic mass is 10.2. The zero-order valence-corrected chi connectivity index (χ0v) is 16.6. The highest BCUT2D eigenvalue weighted by Crippen LogP contribution is 2.28. The van der Waals surface area contributed by atoms with E-state index in [-0.39, 0.29) is 6.61 Å². The summed E-state index contributed by atoms with van der Waals surface area (Å²) in [7, 11) is 3.16. The SMILES string of the molecule is COc1ccc(COC(=O)Nc2ccc(N(N=O)c3ccc(OC)cc3)cc2)cc1. The summed E-state index contributed by atoms with van der Waals surface area (Å²) in [5, 5.41) is 6.96. The molecule has 0 bridgehead atoms. The zero-order chi connectivity index (χ0) is 21.3. The van der Waals surface area contributed by atoms with Gasteiger partial charge in [0.15, 0.2) is 0 Å². The predicted octanol–water partition coefficient (Wildman–Crippen LogP) is 5.27. The first-order valence-corrected chi connectivity index (χ1v) is 9.07. The molecule has 0 saturated carbocycles. The monoisotopic (exact) mass is 407 g/mol. The summed E-state index contributed by atoms with van der Waals surface area (Å²) in [6, 6.07) is 20.8. The Labute approximate surface area is 173 Å². The summed E-state index contributed by atoms with van der Waals surface area (Å²) in [6.07, 6.45) is -0.584. The number of hydrogen-bond donors (Lipinski definition) is 1. The number of amides is 1. The number of nitrogens with one attached hydrogen (secondary N) is 1. The molecule has 3 aromatic rings. The molecule has 0 saturated heterocycles. The van der Waals surface area contributed by atoms with Crippen LogP contribution < -0.4 is 19.8 Å². The molecule has 3 aromatic carbocycles. The second-order valence-electron chi connectivity index (χ2n) is 6.19. The highest BCUT2D eigenvalue weighted by Gasteiger charge is 2.11. The van der Waals surface area contributed by atoms with Gasteiger partial charge >= 0.3 is 6.09 Å². The number of hydrogen-bond acceptors (Lipinski definition) is 6. The van der Waals surface area contributed by atoms with E-state index >= 15 is 0 Å². The first kappa shape index (κ1) is 20.7. The Morgan fingerprint density at radius 2 is 1.33 bits per heavy atom. The van der Waals surface area contributed by atoms with E-state index in [0.717, 1.165) is 11.3 Å². The molecule has 0 aliphatic heterocycles. The highest BCUT2D eigenvalue weighted by molar-refractivity contribution is 5.85. The van der Waals surface area contributed by atoms with E-state index in [4.69, 9.17) is 14.2 Å². The highest BCUT2D eigenvalue weighted by atomic mass is 16.5. The maximum absolute atomic E-state index is 12.0. The molecule has 0 aromatic heterocycles. The van der Waals surface area contributed by atoms with Crippen LogP contribution in [0.4, 0.5) is 21.9 Å². The molecule has 0 fully saturated rings. The molecule has 0 heterocycles. The molecule has 0 aliphatic carbocycles. The minimum absolute atomic E-state index is 0.133. The van der Waals surface area contributed by atoms with Crippen LogP contribution in [0.2, 0.25) is 0 Å². The molecular formula is C22H21N3O5. The van der Waals surface area contributed by atoms with E-state index in [1.807, 2.05) is 12.1 Å². The van der Waals surface area contributed by atoms with Gasteiger partial charge in [-0.2, -0.15) is 5.01 Å². The van der Waals surface area contributed by atoms with Crippen molar-refractivity contribution in [2.45, 2.75) is 6.61 Å². The van der Waals surface area contributed by atoms with E-state index in [2.05, 4.69) is 10.6 Å². The second-order valence-corrected chi connectivity index (χ2v) is 6.19. The van der Waals surface area contributed by atoms with Crippen molar-refractivity contribution in [3.8, 4) is 11.5 Å². The van der Waals surface area contributed by atoms with Crippen LogP contribution in [0, 0.1) is 4.91 Å². The Hall–Kier alpha value is -4.07. The van der Waals surface area contributed by atoms with Gasteiger partial charge in [-0.1, -0.05) is 12.1 Å². The minimum Gasteiger partial charge on any atom is -0.497 e. The van der Waals surface area contributed by atoms with Gasteiger partial charge in [-0.3, -0.25) is 5.32 Å². The quantitative estimate of drug-likeness (QED) is 0.404. The molecular weight excluding hydrogens is 386 g/mol. The largest absolute Gasteiger partial charge is 0.497 e. The Morgan fingerprint density at radius 1 is 0.833 bits per heavy atom. The van der Waals surface area contributed by atoms with Crippen LogP contribution >= 0.6 is 0 Å². The molecule has 1 N–H and O–H groups in total. The predicted molar refractivity (Wildman–Crippen MR) is 114 cm³/mol. The molecule has 0 unspecified atom stereocenters. The van der Waals surface area contributed by atoms with Gasteiger partial charge in [-0.15, -0.1) is 4.91 Å². The summed E-state index contributed by atoms with van der Waals surface area (Å²) < 4.78 is 15.4. The van der Waals surface area contributed by atoms with Gasteiger partial charge in [0, 0.05) is 5.69 Å². The number of nitroso groups, excluding NO2 is 1. The summed E-state index contributed by atoms with van der Waals surface area (Å²) >= 11 is 0. The number of anilines is 3. The third kappa shape index (κ3) is 5.26. The fraction of sp³-hybridized carbons (Fsp3) is 0.136. The fourth-order valence-corrected chi connectivity index (χ4v) is 2.68. The van der Waals surface area contributed by atoms with Crippen LogP contribution in [0.25, 0.3) is 0 Å². The van der Waals surface area contributed by atoms with E-state index in [0.29, 0.717) is 22.8 Å². The van der Waals surface area contributed by atoms with Gasteiger partial charge in [0.2, 0.25) is 0 Å². The number of rotatable bonds is 8. The topological polar surface area (TPSA) is 89.5 Å². The summed E-state index contributed by atoms with van der Waals surface area (Å²) in [6.45, 7) is 0.133. The van der Waals surface area contributed by atoms with E-state index < -0.39 is 6.09 Å². The Bertz CT molecular complexity index is 973. The molecule has 1 amide bonds. The zero-order valence-electron chi connectivity index (χ0n) is 16.6. The first-order valence-electron chi connectivity index (χ1n) is 9.07. The third-order valence-electron chi connectivity index (χ3n) is 4.29. The van der Waals surface area contributed by atoms with Crippen LogP contribution in [0.5, 0.6) is 11.5 Å². The molecule has 0 spiro atoms. The van der Waals surface area contributed by atoms with Crippen molar-refractivity contribution < 1.29 is 19.0 Å². The van der Waals surface area contributed by atoms with Gasteiger partial charge < -0.3 is 14.2 Å². The lowest BCUT2D eigenvalue weighted by Crippen LogP contribution is -2.13. The summed E-state index contributed by atoms with van der Waals surface area (Å²) in [4.78, 5) is 23.3. The standard InChI is InChI=1S/C22H21N3O5/c1-28-20-11-3-16(4-12-20)15-30-22(26)23-17-5-7-18(8-6-17)25(24-27)19-9-13-21(29-2)14-10-19/h3-14H,15H2,1-2H3,(H,23,26). The number of ether oxygens (including phenoxy) is 3. The molecule has 0 atom stereocenters.